The van der Waals surface area contributed by atoms with Gasteiger partial charge in [0.2, 0.25) is 0 Å². The summed E-state index contributed by atoms with van der Waals surface area (Å²) in [4.78, 5) is 0. The Bertz CT molecular complexity index is 529. The van der Waals surface area contributed by atoms with E-state index in [9.17, 15) is 5.11 Å². The first-order valence-electron chi connectivity index (χ1n) is 8.72. The van der Waals surface area contributed by atoms with Crippen LogP contribution in [0.1, 0.15) is 37.8 Å². The number of rotatable bonds is 10. The van der Waals surface area contributed by atoms with Gasteiger partial charge in [-0.15, -0.1) is 11.8 Å². The molecule has 1 nitrogen and oxygen atoms in total. The van der Waals surface area contributed by atoms with Crippen molar-refractivity contribution in [2.45, 2.75) is 37.5 Å². The molecule has 0 aromatic heterocycles. The van der Waals surface area contributed by atoms with Crippen LogP contribution in [0, 0.1) is 0 Å². The third kappa shape index (κ3) is 4.81. The molecule has 1 atom stereocenters. The van der Waals surface area contributed by atoms with Crippen LogP contribution in [-0.2, 0) is 4.75 Å². The first-order chi connectivity index (χ1) is 11.7. The lowest BCUT2D eigenvalue weighted by molar-refractivity contribution is 0.162. The van der Waals surface area contributed by atoms with Gasteiger partial charge < -0.3 is 5.11 Å². The van der Waals surface area contributed by atoms with Gasteiger partial charge in [0, 0.05) is 11.5 Å². The smallest absolute Gasteiger partial charge is 0.0913 e. The average molecular weight is 361 g/mol. The van der Waals surface area contributed by atoms with Gasteiger partial charge in [-0.2, -0.15) is 11.8 Å². The van der Waals surface area contributed by atoms with E-state index in [0.717, 1.165) is 11.5 Å². The molecular weight excluding hydrogens is 332 g/mol. The first-order valence-corrected chi connectivity index (χ1v) is 10.9. The van der Waals surface area contributed by atoms with Crippen molar-refractivity contribution in [1.29, 1.82) is 0 Å². The molecule has 1 unspecified atom stereocenters. The molecule has 3 heteroatoms. The van der Waals surface area contributed by atoms with Crippen LogP contribution in [0.25, 0.3) is 0 Å². The lowest BCUT2D eigenvalue weighted by atomic mass is 9.86. The third-order valence-electron chi connectivity index (χ3n) is 4.19. The molecule has 0 aliphatic heterocycles. The summed E-state index contributed by atoms with van der Waals surface area (Å²) < 4.78 is -0.409. The van der Waals surface area contributed by atoms with Crippen LogP contribution in [0.2, 0.25) is 0 Å². The zero-order chi connectivity index (χ0) is 17.3. The Morgan fingerprint density at radius 3 is 1.88 bits per heavy atom. The Labute approximate surface area is 155 Å². The number of thioether (sulfide) groups is 2. The van der Waals surface area contributed by atoms with Crippen molar-refractivity contribution in [3.8, 4) is 0 Å². The van der Waals surface area contributed by atoms with Gasteiger partial charge in [0.25, 0.3) is 0 Å². The lowest BCUT2D eigenvalue weighted by Gasteiger charge is -2.37. The fraction of sp³-hybridized carbons (Fsp3) is 0.429. The molecule has 0 amide bonds. The molecule has 24 heavy (non-hydrogen) atoms. The molecule has 0 aliphatic rings. The maximum atomic E-state index is 10.8. The van der Waals surface area contributed by atoms with Crippen LogP contribution in [-0.4, -0.2) is 28.5 Å². The molecule has 0 spiro atoms. The normalized spacial score (nSPS) is 13.0. The molecule has 0 heterocycles. The van der Waals surface area contributed by atoms with Crippen molar-refractivity contribution in [3.63, 3.8) is 0 Å². The highest BCUT2D eigenvalue weighted by molar-refractivity contribution is 8.03. The largest absolute Gasteiger partial charge is 0.391 e. The predicted octanol–water partition coefficient (Wildman–Crippen LogP) is 5.58. The fourth-order valence-corrected chi connectivity index (χ4v) is 5.59. The molecule has 2 aromatic rings. The van der Waals surface area contributed by atoms with Crippen molar-refractivity contribution in [1.82, 2.24) is 0 Å². The third-order valence-corrected chi connectivity index (χ3v) is 7.20. The summed E-state index contributed by atoms with van der Waals surface area (Å²) in [6, 6.07) is 20.9. The topological polar surface area (TPSA) is 20.2 Å². The second-order valence-corrected chi connectivity index (χ2v) is 8.52. The minimum absolute atomic E-state index is 0.409. The van der Waals surface area contributed by atoms with E-state index in [1.54, 1.807) is 0 Å². The highest BCUT2D eigenvalue weighted by Gasteiger charge is 2.39. The highest BCUT2D eigenvalue weighted by atomic mass is 32.2. The van der Waals surface area contributed by atoms with Gasteiger partial charge in [-0.1, -0.05) is 74.0 Å². The van der Waals surface area contributed by atoms with E-state index in [1.807, 2.05) is 42.6 Å². The number of unbranched alkanes of at least 4 members (excludes halogenated alkanes) is 1. The molecule has 2 aromatic carbocycles. The van der Waals surface area contributed by atoms with Gasteiger partial charge in [-0.25, -0.2) is 0 Å². The Hall–Kier alpha value is -0.900. The molecule has 0 saturated carbocycles. The summed E-state index contributed by atoms with van der Waals surface area (Å²) >= 11 is 3.89. The van der Waals surface area contributed by atoms with Crippen molar-refractivity contribution < 1.29 is 5.11 Å². The number of hydrogen-bond acceptors (Lipinski definition) is 3. The molecule has 2 rings (SSSR count). The van der Waals surface area contributed by atoms with Crippen LogP contribution in [0.3, 0.4) is 0 Å². The molecule has 0 fully saturated rings. The highest BCUT2D eigenvalue weighted by Crippen LogP contribution is 2.45. The maximum absolute atomic E-state index is 10.8. The van der Waals surface area contributed by atoms with Gasteiger partial charge >= 0.3 is 0 Å². The number of hydrogen-bond donors (Lipinski definition) is 1. The standard InChI is InChI=1S/C21H28OS2/c1-3-4-15-23-16-17-24-21(18(2)22,19-11-7-5-8-12-19)20-13-9-6-10-14-20/h5-14,18,22H,3-4,15-17H2,1-2H3. The van der Waals surface area contributed by atoms with E-state index >= 15 is 0 Å². The Morgan fingerprint density at radius 2 is 1.42 bits per heavy atom. The van der Waals surface area contributed by atoms with E-state index in [0.29, 0.717) is 0 Å². The van der Waals surface area contributed by atoms with E-state index in [-0.39, 0.29) is 0 Å². The van der Waals surface area contributed by atoms with Crippen LogP contribution >= 0.6 is 23.5 Å². The van der Waals surface area contributed by atoms with Crippen LogP contribution in [0.4, 0.5) is 0 Å². The summed E-state index contributed by atoms with van der Waals surface area (Å²) in [5, 5.41) is 10.8. The summed E-state index contributed by atoms with van der Waals surface area (Å²) in [6.45, 7) is 4.15. The summed E-state index contributed by atoms with van der Waals surface area (Å²) in [7, 11) is 0. The average Bonchev–Trinajstić information content (AvgIpc) is 2.62. The number of aliphatic hydroxyl groups excluding tert-OH is 1. The SMILES string of the molecule is CCCCSCCSC(c1ccccc1)(c1ccccc1)C(C)O. The Morgan fingerprint density at radius 1 is 0.875 bits per heavy atom. The predicted molar refractivity (Wildman–Crippen MR) is 110 cm³/mol. The summed E-state index contributed by atoms with van der Waals surface area (Å²) in [6.07, 6.45) is 2.08. The van der Waals surface area contributed by atoms with Crippen molar-refractivity contribution >= 4 is 23.5 Å². The van der Waals surface area contributed by atoms with E-state index in [2.05, 4.69) is 55.5 Å². The van der Waals surface area contributed by atoms with E-state index in [4.69, 9.17) is 0 Å². The van der Waals surface area contributed by atoms with Crippen molar-refractivity contribution in [3.05, 3.63) is 71.8 Å². The second kappa shape index (κ2) is 10.2. The minimum Gasteiger partial charge on any atom is -0.391 e. The fourth-order valence-electron chi connectivity index (χ4n) is 2.92. The molecule has 0 aliphatic carbocycles. The van der Waals surface area contributed by atoms with Gasteiger partial charge in [-0.05, 0) is 30.2 Å². The minimum atomic E-state index is -0.465. The van der Waals surface area contributed by atoms with Gasteiger partial charge in [0.05, 0.1) is 10.9 Å². The maximum Gasteiger partial charge on any atom is 0.0913 e. The zero-order valence-electron chi connectivity index (χ0n) is 14.7. The molecule has 1 N–H and O–H groups in total. The monoisotopic (exact) mass is 360 g/mol. The first kappa shape index (κ1) is 19.4. The zero-order valence-corrected chi connectivity index (χ0v) is 16.3. The van der Waals surface area contributed by atoms with Crippen LogP contribution < -0.4 is 0 Å². The lowest BCUT2D eigenvalue weighted by Crippen LogP contribution is -2.36. The van der Waals surface area contributed by atoms with Gasteiger partial charge in [0.15, 0.2) is 0 Å². The number of aliphatic hydroxyl groups is 1. The summed E-state index contributed by atoms with van der Waals surface area (Å²) in [5.74, 6) is 3.39. The molecule has 0 radical (unpaired) electrons. The van der Waals surface area contributed by atoms with Crippen LogP contribution in [0.5, 0.6) is 0 Å². The van der Waals surface area contributed by atoms with E-state index in [1.165, 1.54) is 29.7 Å². The Kier molecular flexibility index (Phi) is 8.23. The van der Waals surface area contributed by atoms with Gasteiger partial charge in [0.1, 0.15) is 0 Å². The molecule has 0 saturated heterocycles. The van der Waals surface area contributed by atoms with Crippen molar-refractivity contribution in [2.75, 3.05) is 17.3 Å². The van der Waals surface area contributed by atoms with Gasteiger partial charge in [-0.3, -0.25) is 0 Å². The van der Waals surface area contributed by atoms with Crippen LogP contribution in [0.15, 0.2) is 60.7 Å². The molecular formula is C21H28OS2. The molecule has 0 bridgehead atoms. The van der Waals surface area contributed by atoms with E-state index < -0.39 is 10.9 Å². The van der Waals surface area contributed by atoms with Crippen molar-refractivity contribution in [2.24, 2.45) is 0 Å². The second-order valence-electron chi connectivity index (χ2n) is 5.96. The Balaban J connectivity index is 2.23. The summed E-state index contributed by atoms with van der Waals surface area (Å²) in [5.41, 5.74) is 2.35. The molecule has 130 valence electrons. The number of benzene rings is 2. The quantitative estimate of drug-likeness (QED) is 0.559.